The van der Waals surface area contributed by atoms with Crippen LogP contribution in [-0.4, -0.2) is 11.5 Å². The molecule has 0 spiro atoms. The van der Waals surface area contributed by atoms with Gasteiger partial charge in [0.05, 0.1) is 11.5 Å². The van der Waals surface area contributed by atoms with Gasteiger partial charge in [-0.2, -0.15) is 0 Å². The van der Waals surface area contributed by atoms with Crippen LogP contribution in [0.4, 0.5) is 5.69 Å². The predicted octanol–water partition coefficient (Wildman–Crippen LogP) is 2.85. The van der Waals surface area contributed by atoms with Crippen molar-refractivity contribution >= 4 is 17.0 Å². The van der Waals surface area contributed by atoms with E-state index in [0.29, 0.717) is 6.54 Å². The van der Waals surface area contributed by atoms with Crippen LogP contribution in [0.2, 0.25) is 0 Å². The maximum absolute atomic E-state index is 11.0. The molecule has 0 bridgehead atoms. The van der Waals surface area contributed by atoms with Gasteiger partial charge < -0.3 is 10.5 Å². The molecule has 0 saturated carbocycles. The summed E-state index contributed by atoms with van der Waals surface area (Å²) in [7, 11) is 0. The quantitative estimate of drug-likeness (QED) is 0.535. The second-order valence-corrected chi connectivity index (χ2v) is 5.32. The molecule has 0 unspecified atom stereocenters. The van der Waals surface area contributed by atoms with Crippen molar-refractivity contribution < 1.29 is 9.66 Å². The van der Waals surface area contributed by atoms with Crippen molar-refractivity contribution in [2.45, 2.75) is 13.5 Å². The highest BCUT2D eigenvalue weighted by Crippen LogP contribution is 2.29. The molecule has 0 amide bonds. The second-order valence-electron chi connectivity index (χ2n) is 4.32. The molecular weight excluding hydrogens is 288 g/mol. The Morgan fingerprint density at radius 1 is 1.43 bits per heavy atom. The lowest BCUT2D eigenvalue weighted by atomic mass is 10.2. The summed E-state index contributed by atoms with van der Waals surface area (Å²) in [6.45, 7) is 2.46. The van der Waals surface area contributed by atoms with Crippen LogP contribution in [0.1, 0.15) is 16.0 Å². The Hall–Kier alpha value is -2.36. The third kappa shape index (κ3) is 4.05. The van der Waals surface area contributed by atoms with Crippen LogP contribution in [0.15, 0.2) is 29.6 Å². The molecule has 0 fully saturated rings. The maximum Gasteiger partial charge on any atom is 0.310 e. The third-order valence-electron chi connectivity index (χ3n) is 2.67. The Kier molecular flexibility index (Phi) is 4.93. The number of thiophene rings is 1. The number of nitro benzene ring substituents is 1. The Bertz CT molecular complexity index is 713. The zero-order valence-corrected chi connectivity index (χ0v) is 12.3. The number of rotatable bonds is 4. The van der Waals surface area contributed by atoms with Gasteiger partial charge >= 0.3 is 5.69 Å². The van der Waals surface area contributed by atoms with Gasteiger partial charge in [-0.15, -0.1) is 11.3 Å². The molecule has 0 aliphatic rings. The van der Waals surface area contributed by atoms with Crippen molar-refractivity contribution in [2.75, 3.05) is 6.54 Å². The third-order valence-corrected chi connectivity index (χ3v) is 3.58. The molecule has 2 aromatic rings. The van der Waals surface area contributed by atoms with Gasteiger partial charge in [-0.05, 0) is 24.6 Å². The fourth-order valence-electron chi connectivity index (χ4n) is 1.71. The molecule has 0 aliphatic heterocycles. The monoisotopic (exact) mass is 302 g/mol. The van der Waals surface area contributed by atoms with Gasteiger partial charge in [-0.1, -0.05) is 17.9 Å². The molecule has 21 heavy (non-hydrogen) atoms. The van der Waals surface area contributed by atoms with Crippen LogP contribution in [0.5, 0.6) is 5.75 Å². The minimum atomic E-state index is -0.443. The van der Waals surface area contributed by atoms with E-state index < -0.39 is 4.92 Å². The molecule has 0 saturated heterocycles. The van der Waals surface area contributed by atoms with Gasteiger partial charge in [0.25, 0.3) is 0 Å². The summed E-state index contributed by atoms with van der Waals surface area (Å²) in [5.41, 5.74) is 7.08. The molecular formula is C15H14N2O3S. The highest BCUT2D eigenvalue weighted by Gasteiger charge is 2.15. The van der Waals surface area contributed by atoms with Gasteiger partial charge in [0.2, 0.25) is 0 Å². The largest absolute Gasteiger partial charge is 0.481 e. The number of hydrogen-bond acceptors (Lipinski definition) is 5. The smallest absolute Gasteiger partial charge is 0.310 e. The molecule has 108 valence electrons. The summed E-state index contributed by atoms with van der Waals surface area (Å²) in [4.78, 5) is 11.5. The molecule has 1 aromatic heterocycles. The number of benzene rings is 1. The summed E-state index contributed by atoms with van der Waals surface area (Å²) in [6.07, 6.45) is 0. The number of nitrogens with zero attached hydrogens (tertiary/aromatic N) is 1. The van der Waals surface area contributed by atoms with Crippen LogP contribution in [-0.2, 0) is 6.61 Å². The summed E-state index contributed by atoms with van der Waals surface area (Å²) in [6, 6.07) is 6.71. The van der Waals surface area contributed by atoms with Crippen LogP contribution in [0.3, 0.4) is 0 Å². The molecule has 2 rings (SSSR count). The number of nitro groups is 1. The Labute approximate surface area is 126 Å². The standard InChI is InChI=1S/C15H14N2O3S/c1-11-4-5-14(17(18)19)15(7-11)20-9-13-8-12(10-21-13)3-2-6-16/h4-5,7-8,10H,6,9,16H2,1H3. The van der Waals surface area contributed by atoms with E-state index in [0.717, 1.165) is 16.0 Å². The molecule has 5 nitrogen and oxygen atoms in total. The van der Waals surface area contributed by atoms with Gasteiger partial charge in [0, 0.05) is 21.9 Å². The SMILES string of the molecule is Cc1ccc([N+](=O)[O-])c(OCc2cc(C#CCN)cs2)c1. The first kappa shape index (κ1) is 15.0. The molecule has 1 aromatic carbocycles. The molecule has 1 heterocycles. The zero-order chi connectivity index (χ0) is 15.2. The normalized spacial score (nSPS) is 9.81. The summed E-state index contributed by atoms with van der Waals surface area (Å²) >= 11 is 1.50. The first-order valence-electron chi connectivity index (χ1n) is 6.24. The van der Waals surface area contributed by atoms with Crippen molar-refractivity contribution in [3.63, 3.8) is 0 Å². The van der Waals surface area contributed by atoms with E-state index in [9.17, 15) is 10.1 Å². The molecule has 6 heteroatoms. The Morgan fingerprint density at radius 3 is 2.95 bits per heavy atom. The van der Waals surface area contributed by atoms with Gasteiger partial charge in [0.15, 0.2) is 5.75 Å². The molecule has 0 aliphatic carbocycles. The second kappa shape index (κ2) is 6.88. The predicted molar refractivity (Wildman–Crippen MR) is 82.4 cm³/mol. The van der Waals surface area contributed by atoms with Crippen molar-refractivity contribution in [3.8, 4) is 17.6 Å². The summed E-state index contributed by atoms with van der Waals surface area (Å²) < 4.78 is 5.58. The minimum absolute atomic E-state index is 0.0275. The summed E-state index contributed by atoms with van der Waals surface area (Å²) in [5.74, 6) is 5.99. The van der Waals surface area contributed by atoms with E-state index in [4.69, 9.17) is 10.5 Å². The minimum Gasteiger partial charge on any atom is -0.481 e. The first-order valence-corrected chi connectivity index (χ1v) is 7.12. The van der Waals surface area contributed by atoms with E-state index in [-0.39, 0.29) is 18.0 Å². The Morgan fingerprint density at radius 2 is 2.24 bits per heavy atom. The lowest BCUT2D eigenvalue weighted by Crippen LogP contribution is -1.98. The number of ether oxygens (including phenoxy) is 1. The van der Waals surface area contributed by atoms with Gasteiger partial charge in [-0.3, -0.25) is 10.1 Å². The lowest BCUT2D eigenvalue weighted by Gasteiger charge is -2.06. The van der Waals surface area contributed by atoms with Crippen LogP contribution in [0, 0.1) is 28.9 Å². The first-order chi connectivity index (χ1) is 10.1. The van der Waals surface area contributed by atoms with E-state index in [1.807, 2.05) is 18.4 Å². The van der Waals surface area contributed by atoms with Gasteiger partial charge in [0.1, 0.15) is 6.61 Å². The van der Waals surface area contributed by atoms with Crippen LogP contribution >= 0.6 is 11.3 Å². The van der Waals surface area contributed by atoms with Crippen LogP contribution < -0.4 is 10.5 Å². The highest BCUT2D eigenvalue weighted by atomic mass is 32.1. The Balaban J connectivity index is 2.11. The fraction of sp³-hybridized carbons (Fsp3) is 0.200. The molecule has 0 radical (unpaired) electrons. The average molecular weight is 302 g/mol. The van der Waals surface area contributed by atoms with Crippen molar-refractivity contribution in [3.05, 3.63) is 55.8 Å². The van der Waals surface area contributed by atoms with E-state index in [2.05, 4.69) is 11.8 Å². The average Bonchev–Trinajstić information content (AvgIpc) is 2.90. The number of nitrogens with two attached hydrogens (primary N) is 1. The van der Waals surface area contributed by atoms with Gasteiger partial charge in [-0.25, -0.2) is 0 Å². The summed E-state index contributed by atoms with van der Waals surface area (Å²) in [5, 5.41) is 12.9. The number of aryl methyl sites for hydroxylation is 1. The molecule has 0 atom stereocenters. The van der Waals surface area contributed by atoms with E-state index in [1.165, 1.54) is 17.4 Å². The van der Waals surface area contributed by atoms with Crippen molar-refractivity contribution in [1.82, 2.24) is 0 Å². The highest BCUT2D eigenvalue weighted by molar-refractivity contribution is 7.10. The van der Waals surface area contributed by atoms with E-state index >= 15 is 0 Å². The maximum atomic E-state index is 11.0. The van der Waals surface area contributed by atoms with E-state index in [1.54, 1.807) is 12.1 Å². The number of hydrogen-bond donors (Lipinski definition) is 1. The topological polar surface area (TPSA) is 78.4 Å². The van der Waals surface area contributed by atoms with Crippen molar-refractivity contribution in [2.24, 2.45) is 5.73 Å². The van der Waals surface area contributed by atoms with Crippen LogP contribution in [0.25, 0.3) is 0 Å². The zero-order valence-electron chi connectivity index (χ0n) is 11.5. The fourth-order valence-corrected chi connectivity index (χ4v) is 2.44. The lowest BCUT2D eigenvalue weighted by molar-refractivity contribution is -0.385. The van der Waals surface area contributed by atoms with Crippen molar-refractivity contribution in [1.29, 1.82) is 0 Å². The molecule has 2 N–H and O–H groups in total.